The highest BCUT2D eigenvalue weighted by Gasteiger charge is 2.30. The number of allylic oxidation sites excluding steroid dienone is 2. The van der Waals surface area contributed by atoms with Gasteiger partial charge >= 0.3 is 6.18 Å². The van der Waals surface area contributed by atoms with Crippen molar-refractivity contribution in [1.29, 1.82) is 5.41 Å². The lowest BCUT2D eigenvalue weighted by Crippen LogP contribution is -2.42. The molecule has 0 amide bonds. The Balaban J connectivity index is 2.59. The molecule has 0 aromatic carbocycles. The van der Waals surface area contributed by atoms with Crippen molar-refractivity contribution >= 4 is 5.84 Å². The molecule has 8 heteroatoms. The Labute approximate surface area is 83.4 Å². The molecule has 15 heavy (non-hydrogen) atoms. The second-order valence-corrected chi connectivity index (χ2v) is 2.64. The van der Waals surface area contributed by atoms with E-state index in [0.717, 1.165) is 0 Å². The minimum absolute atomic E-state index is 0.0155. The molecule has 0 spiro atoms. The van der Waals surface area contributed by atoms with Gasteiger partial charge in [0.25, 0.3) is 0 Å². The Hall–Kier alpha value is -1.70. The molecule has 0 aliphatic carbocycles. The summed E-state index contributed by atoms with van der Waals surface area (Å²) in [5.41, 5.74) is 7.52. The van der Waals surface area contributed by atoms with Crippen molar-refractivity contribution in [2.24, 2.45) is 5.73 Å². The van der Waals surface area contributed by atoms with Crippen molar-refractivity contribution in [2.45, 2.75) is 6.18 Å². The van der Waals surface area contributed by atoms with Crippen molar-refractivity contribution in [3.63, 3.8) is 0 Å². The molecule has 4 N–H and O–H groups in total. The largest absolute Gasteiger partial charge is 0.414 e. The molecule has 0 aromatic heterocycles. The lowest BCUT2D eigenvalue weighted by Gasteiger charge is -2.27. The van der Waals surface area contributed by atoms with Crippen molar-refractivity contribution < 1.29 is 18.0 Å². The SMILES string of the molecule is N=C(N)C1=CC=CNN1OCC(F)(F)F. The van der Waals surface area contributed by atoms with Crippen LogP contribution >= 0.6 is 0 Å². The minimum Gasteiger partial charge on any atom is -0.382 e. The number of alkyl halides is 3. The van der Waals surface area contributed by atoms with Crippen molar-refractivity contribution in [3.05, 3.63) is 24.0 Å². The first-order chi connectivity index (χ1) is 6.90. The van der Waals surface area contributed by atoms with Crippen LogP contribution < -0.4 is 11.2 Å². The summed E-state index contributed by atoms with van der Waals surface area (Å²) < 4.78 is 35.5. The van der Waals surface area contributed by atoms with E-state index >= 15 is 0 Å². The average Bonchev–Trinajstić information content (AvgIpc) is 2.14. The predicted octanol–water partition coefficient (Wildman–Crippen LogP) is 0.634. The molecule has 1 heterocycles. The van der Waals surface area contributed by atoms with Crippen LogP contribution in [-0.4, -0.2) is 23.8 Å². The highest BCUT2D eigenvalue weighted by atomic mass is 19.4. The second kappa shape index (κ2) is 4.22. The summed E-state index contributed by atoms with van der Waals surface area (Å²) in [7, 11) is 0. The van der Waals surface area contributed by atoms with Crippen LogP contribution in [0.2, 0.25) is 0 Å². The van der Waals surface area contributed by atoms with E-state index in [1.165, 1.54) is 18.4 Å². The van der Waals surface area contributed by atoms with Gasteiger partial charge in [-0.05, 0) is 12.2 Å². The van der Waals surface area contributed by atoms with E-state index in [2.05, 4.69) is 10.3 Å². The quantitative estimate of drug-likeness (QED) is 0.483. The summed E-state index contributed by atoms with van der Waals surface area (Å²) in [6.45, 7) is -1.46. The molecule has 0 bridgehead atoms. The van der Waals surface area contributed by atoms with Crippen LogP contribution in [0.25, 0.3) is 0 Å². The number of amidine groups is 1. The summed E-state index contributed by atoms with van der Waals surface area (Å²) in [4.78, 5) is 4.38. The standard InChI is InChI=1S/C7H9F3N4O/c8-7(9,10)4-15-14-5(6(11)12)2-1-3-13-14/h1-3,13H,4H2,(H3,11,12). The summed E-state index contributed by atoms with van der Waals surface area (Å²) in [6.07, 6.45) is -0.243. The van der Waals surface area contributed by atoms with Crippen LogP contribution in [-0.2, 0) is 4.84 Å². The van der Waals surface area contributed by atoms with Gasteiger partial charge in [0.2, 0.25) is 0 Å². The number of hydrazine groups is 1. The monoisotopic (exact) mass is 222 g/mol. The lowest BCUT2D eigenvalue weighted by molar-refractivity contribution is -0.250. The van der Waals surface area contributed by atoms with Gasteiger partial charge in [-0.15, -0.1) is 0 Å². The molecule has 0 radical (unpaired) electrons. The van der Waals surface area contributed by atoms with E-state index in [9.17, 15) is 13.2 Å². The summed E-state index contributed by atoms with van der Waals surface area (Å²) in [6, 6.07) is 0. The number of nitrogens with one attached hydrogen (secondary N) is 2. The molecule has 0 aromatic rings. The molecule has 0 saturated carbocycles. The molecule has 5 nitrogen and oxygen atoms in total. The van der Waals surface area contributed by atoms with E-state index in [-0.39, 0.29) is 5.70 Å². The van der Waals surface area contributed by atoms with Crippen molar-refractivity contribution in [2.75, 3.05) is 6.61 Å². The zero-order chi connectivity index (χ0) is 11.5. The normalized spacial score (nSPS) is 15.9. The molecule has 1 aliphatic heterocycles. The summed E-state index contributed by atoms with van der Waals surface area (Å²) in [5, 5.41) is 7.78. The number of nitrogens with two attached hydrogens (primary N) is 1. The number of hydrogen-bond donors (Lipinski definition) is 3. The summed E-state index contributed by atoms with van der Waals surface area (Å²) in [5.74, 6) is -0.394. The lowest BCUT2D eigenvalue weighted by atomic mass is 10.3. The van der Waals surface area contributed by atoms with E-state index in [1.807, 2.05) is 0 Å². The molecule has 0 unspecified atom stereocenters. The Morgan fingerprint density at radius 3 is 2.80 bits per heavy atom. The topological polar surface area (TPSA) is 74.4 Å². The van der Waals surface area contributed by atoms with Gasteiger partial charge in [-0.3, -0.25) is 10.8 Å². The first-order valence-corrected chi connectivity index (χ1v) is 3.87. The fraction of sp³-hybridized carbons (Fsp3) is 0.286. The molecular weight excluding hydrogens is 213 g/mol. The third kappa shape index (κ3) is 3.50. The predicted molar refractivity (Wildman–Crippen MR) is 46.1 cm³/mol. The Kier molecular flexibility index (Phi) is 3.20. The minimum atomic E-state index is -4.44. The van der Waals surface area contributed by atoms with Crippen LogP contribution in [0.15, 0.2) is 24.0 Å². The van der Waals surface area contributed by atoms with Gasteiger partial charge in [-0.2, -0.15) is 18.3 Å². The van der Waals surface area contributed by atoms with Crippen LogP contribution in [0.1, 0.15) is 0 Å². The van der Waals surface area contributed by atoms with Gasteiger partial charge in [0.1, 0.15) is 11.5 Å². The van der Waals surface area contributed by atoms with Gasteiger partial charge in [0, 0.05) is 6.20 Å². The van der Waals surface area contributed by atoms with E-state index in [1.54, 1.807) is 0 Å². The second-order valence-electron chi connectivity index (χ2n) is 2.64. The highest BCUT2D eigenvalue weighted by molar-refractivity contribution is 5.93. The Morgan fingerprint density at radius 2 is 2.27 bits per heavy atom. The first kappa shape index (κ1) is 11.4. The van der Waals surface area contributed by atoms with Crippen LogP contribution in [0.3, 0.4) is 0 Å². The average molecular weight is 222 g/mol. The zero-order valence-electron chi connectivity index (χ0n) is 7.51. The maximum atomic E-state index is 11.8. The fourth-order valence-corrected chi connectivity index (χ4v) is 0.831. The smallest absolute Gasteiger partial charge is 0.382 e. The Bertz CT molecular complexity index is 310. The third-order valence-corrected chi connectivity index (χ3v) is 1.39. The molecular formula is C7H9F3N4O. The van der Waals surface area contributed by atoms with E-state index in [0.29, 0.717) is 5.17 Å². The Morgan fingerprint density at radius 1 is 1.60 bits per heavy atom. The summed E-state index contributed by atoms with van der Waals surface area (Å²) >= 11 is 0. The molecule has 0 atom stereocenters. The highest BCUT2D eigenvalue weighted by Crippen LogP contribution is 2.16. The molecule has 84 valence electrons. The number of hydroxylamine groups is 1. The molecule has 0 saturated heterocycles. The van der Waals surface area contributed by atoms with Crippen LogP contribution in [0.4, 0.5) is 13.2 Å². The maximum absolute atomic E-state index is 11.8. The molecule has 1 rings (SSSR count). The first-order valence-electron chi connectivity index (χ1n) is 3.87. The van der Waals surface area contributed by atoms with Gasteiger partial charge < -0.3 is 5.73 Å². The molecule has 0 fully saturated rings. The van der Waals surface area contributed by atoms with E-state index in [4.69, 9.17) is 11.1 Å². The van der Waals surface area contributed by atoms with Crippen molar-refractivity contribution in [1.82, 2.24) is 10.6 Å². The van der Waals surface area contributed by atoms with Gasteiger partial charge in [0.05, 0.1) is 0 Å². The molecule has 1 aliphatic rings. The zero-order valence-corrected chi connectivity index (χ0v) is 7.51. The number of halogens is 3. The van der Waals surface area contributed by atoms with Gasteiger partial charge in [0.15, 0.2) is 6.61 Å². The van der Waals surface area contributed by atoms with Crippen LogP contribution in [0.5, 0.6) is 0 Å². The van der Waals surface area contributed by atoms with Gasteiger partial charge in [-0.1, -0.05) is 0 Å². The van der Waals surface area contributed by atoms with Crippen LogP contribution in [0, 0.1) is 5.41 Å². The number of rotatable bonds is 3. The number of nitrogens with zero attached hydrogens (tertiary/aromatic N) is 1. The van der Waals surface area contributed by atoms with Crippen molar-refractivity contribution in [3.8, 4) is 0 Å². The number of hydrogen-bond acceptors (Lipinski definition) is 4. The van der Waals surface area contributed by atoms with Gasteiger partial charge in [-0.25, -0.2) is 4.84 Å². The third-order valence-electron chi connectivity index (χ3n) is 1.39. The van der Waals surface area contributed by atoms with E-state index < -0.39 is 18.6 Å². The maximum Gasteiger partial charge on any atom is 0.414 e. The fourth-order valence-electron chi connectivity index (χ4n) is 0.831.